The number of unbranched alkanes of at least 4 members (excludes halogenated alkanes) is 1. The molecular weight excluding hydrogens is 294 g/mol. The summed E-state index contributed by atoms with van der Waals surface area (Å²) in [7, 11) is 5.53. The molecule has 0 unspecified atom stereocenters. The lowest BCUT2D eigenvalue weighted by Crippen LogP contribution is -2.08. The van der Waals surface area contributed by atoms with Gasteiger partial charge in [-0.25, -0.2) is 4.79 Å². The Morgan fingerprint density at radius 1 is 1.05 bits per heavy atom. The Labute approximate surface area is 136 Å². The minimum atomic E-state index is -0.239. The van der Waals surface area contributed by atoms with Crippen LogP contribution in [0.25, 0.3) is 0 Å². The van der Waals surface area contributed by atoms with Crippen LogP contribution in [0.2, 0.25) is 0 Å². The Morgan fingerprint density at radius 3 is 2.36 bits per heavy atom. The van der Waals surface area contributed by atoms with E-state index in [2.05, 4.69) is 43.3 Å². The molecule has 0 N–H and O–H groups in total. The van der Waals surface area contributed by atoms with E-state index in [9.17, 15) is 4.79 Å². The number of ether oxygens (including phenoxy) is 1. The zero-order chi connectivity index (χ0) is 15.9. The standard InChI is InChI=1S/C18H23NO2S/c1-19(2)15-10-8-14(9-11-15)6-4-5-7-16-12-13-17(22-16)18(20)21-3/h8-13H,4-7H2,1-3H3. The molecule has 2 aromatic rings. The number of hydrogen-bond acceptors (Lipinski definition) is 4. The lowest BCUT2D eigenvalue weighted by molar-refractivity contribution is 0.0606. The molecule has 0 saturated carbocycles. The first-order valence-electron chi connectivity index (χ1n) is 7.53. The number of rotatable bonds is 7. The quantitative estimate of drug-likeness (QED) is 0.567. The van der Waals surface area contributed by atoms with Crippen LogP contribution in [-0.2, 0) is 17.6 Å². The number of nitrogens with zero attached hydrogens (tertiary/aromatic N) is 1. The predicted molar refractivity (Wildman–Crippen MR) is 93.1 cm³/mol. The molecule has 0 aliphatic rings. The van der Waals surface area contributed by atoms with Crippen molar-refractivity contribution in [1.82, 2.24) is 0 Å². The van der Waals surface area contributed by atoms with E-state index in [1.54, 1.807) is 0 Å². The van der Waals surface area contributed by atoms with Gasteiger partial charge in [0.05, 0.1) is 7.11 Å². The third-order valence-corrected chi connectivity index (χ3v) is 4.76. The van der Waals surface area contributed by atoms with Gasteiger partial charge >= 0.3 is 5.97 Å². The highest BCUT2D eigenvalue weighted by molar-refractivity contribution is 7.13. The highest BCUT2D eigenvalue weighted by Gasteiger charge is 2.08. The van der Waals surface area contributed by atoms with Crippen molar-refractivity contribution in [1.29, 1.82) is 0 Å². The molecule has 1 aromatic heterocycles. The molecule has 118 valence electrons. The van der Waals surface area contributed by atoms with Crippen molar-refractivity contribution < 1.29 is 9.53 Å². The molecule has 4 heteroatoms. The van der Waals surface area contributed by atoms with Crippen LogP contribution in [0.4, 0.5) is 5.69 Å². The summed E-state index contributed by atoms with van der Waals surface area (Å²) in [4.78, 5) is 15.5. The molecule has 1 heterocycles. The Hall–Kier alpha value is -1.81. The number of aryl methyl sites for hydroxylation is 2. The average Bonchev–Trinajstić information content (AvgIpc) is 3.00. The van der Waals surface area contributed by atoms with Crippen molar-refractivity contribution in [3.8, 4) is 0 Å². The Morgan fingerprint density at radius 2 is 1.73 bits per heavy atom. The van der Waals surface area contributed by atoms with Crippen molar-refractivity contribution in [2.75, 3.05) is 26.1 Å². The van der Waals surface area contributed by atoms with E-state index >= 15 is 0 Å². The van der Waals surface area contributed by atoms with Gasteiger partial charge in [0.2, 0.25) is 0 Å². The predicted octanol–water partition coefficient (Wildman–Crippen LogP) is 4.17. The highest BCUT2D eigenvalue weighted by atomic mass is 32.1. The van der Waals surface area contributed by atoms with Crippen LogP contribution in [0.3, 0.4) is 0 Å². The van der Waals surface area contributed by atoms with Gasteiger partial charge in [0.1, 0.15) is 4.88 Å². The van der Waals surface area contributed by atoms with E-state index in [1.807, 2.05) is 12.1 Å². The van der Waals surface area contributed by atoms with E-state index in [0.29, 0.717) is 4.88 Å². The molecule has 0 saturated heterocycles. The molecule has 0 aliphatic carbocycles. The number of anilines is 1. The second-order valence-corrected chi connectivity index (χ2v) is 6.69. The number of carbonyl (C=O) groups excluding carboxylic acids is 1. The first kappa shape index (κ1) is 16.6. The van der Waals surface area contributed by atoms with Crippen molar-refractivity contribution in [3.63, 3.8) is 0 Å². The van der Waals surface area contributed by atoms with Crippen LogP contribution >= 0.6 is 11.3 Å². The fraction of sp³-hybridized carbons (Fsp3) is 0.389. The van der Waals surface area contributed by atoms with Crippen LogP contribution in [0, 0.1) is 0 Å². The third-order valence-electron chi connectivity index (χ3n) is 3.64. The summed E-state index contributed by atoms with van der Waals surface area (Å²) < 4.78 is 4.73. The molecule has 22 heavy (non-hydrogen) atoms. The molecule has 1 aromatic carbocycles. The number of esters is 1. The zero-order valence-corrected chi connectivity index (χ0v) is 14.3. The molecule has 0 bridgehead atoms. The molecule has 0 fully saturated rings. The minimum Gasteiger partial charge on any atom is -0.465 e. The van der Waals surface area contributed by atoms with Gasteiger partial charge in [0.25, 0.3) is 0 Å². The lowest BCUT2D eigenvalue weighted by atomic mass is 10.1. The molecule has 0 spiro atoms. The van der Waals surface area contributed by atoms with E-state index in [1.165, 1.54) is 34.6 Å². The molecule has 0 radical (unpaired) electrons. The Balaban J connectivity index is 1.75. The summed E-state index contributed by atoms with van der Waals surface area (Å²) in [6.07, 6.45) is 4.42. The second-order valence-electron chi connectivity index (χ2n) is 5.53. The molecule has 0 atom stereocenters. The topological polar surface area (TPSA) is 29.5 Å². The van der Waals surface area contributed by atoms with Gasteiger partial charge in [-0.2, -0.15) is 0 Å². The van der Waals surface area contributed by atoms with E-state index in [-0.39, 0.29) is 5.97 Å². The van der Waals surface area contributed by atoms with Gasteiger partial charge in [-0.3, -0.25) is 0 Å². The largest absolute Gasteiger partial charge is 0.465 e. The van der Waals surface area contributed by atoms with Crippen LogP contribution in [0.15, 0.2) is 36.4 Å². The summed E-state index contributed by atoms with van der Waals surface area (Å²) in [5, 5.41) is 0. The number of carbonyl (C=O) groups is 1. The molecular formula is C18H23NO2S. The number of hydrogen-bond donors (Lipinski definition) is 0. The number of methoxy groups -OCH3 is 1. The van der Waals surface area contributed by atoms with E-state index < -0.39 is 0 Å². The Kier molecular flexibility index (Phi) is 6.01. The minimum absolute atomic E-state index is 0.239. The monoisotopic (exact) mass is 317 g/mol. The maximum Gasteiger partial charge on any atom is 0.348 e. The summed E-state index contributed by atoms with van der Waals surface area (Å²) in [6.45, 7) is 0. The second kappa shape index (κ2) is 7.99. The van der Waals surface area contributed by atoms with Gasteiger partial charge in [-0.05, 0) is 55.5 Å². The zero-order valence-electron chi connectivity index (χ0n) is 13.5. The van der Waals surface area contributed by atoms with Crippen LogP contribution in [-0.4, -0.2) is 27.2 Å². The normalized spacial score (nSPS) is 10.5. The fourth-order valence-electron chi connectivity index (χ4n) is 2.31. The fourth-order valence-corrected chi connectivity index (χ4v) is 3.28. The van der Waals surface area contributed by atoms with Gasteiger partial charge in [-0.15, -0.1) is 11.3 Å². The van der Waals surface area contributed by atoms with Gasteiger partial charge in [0.15, 0.2) is 0 Å². The number of thiophene rings is 1. The molecule has 0 amide bonds. The molecule has 0 aliphatic heterocycles. The van der Waals surface area contributed by atoms with E-state index in [0.717, 1.165) is 25.7 Å². The Bertz CT molecular complexity index is 602. The van der Waals surface area contributed by atoms with Gasteiger partial charge in [-0.1, -0.05) is 12.1 Å². The summed E-state index contributed by atoms with van der Waals surface area (Å²) >= 11 is 1.54. The SMILES string of the molecule is COC(=O)c1ccc(CCCCc2ccc(N(C)C)cc2)s1. The van der Waals surface area contributed by atoms with Crippen molar-refractivity contribution in [3.05, 3.63) is 51.7 Å². The van der Waals surface area contributed by atoms with Crippen LogP contribution in [0.1, 0.15) is 33.0 Å². The average molecular weight is 317 g/mol. The number of benzene rings is 1. The summed E-state index contributed by atoms with van der Waals surface area (Å²) in [5.74, 6) is -0.239. The smallest absolute Gasteiger partial charge is 0.348 e. The van der Waals surface area contributed by atoms with Crippen molar-refractivity contribution in [2.45, 2.75) is 25.7 Å². The maximum atomic E-state index is 11.4. The maximum absolute atomic E-state index is 11.4. The molecule has 3 nitrogen and oxygen atoms in total. The van der Waals surface area contributed by atoms with Crippen molar-refractivity contribution >= 4 is 23.0 Å². The lowest BCUT2D eigenvalue weighted by Gasteiger charge is -2.12. The van der Waals surface area contributed by atoms with E-state index in [4.69, 9.17) is 4.74 Å². The highest BCUT2D eigenvalue weighted by Crippen LogP contribution is 2.20. The van der Waals surface area contributed by atoms with Gasteiger partial charge < -0.3 is 9.64 Å². The first-order chi connectivity index (χ1) is 10.6. The molecule has 2 rings (SSSR count). The van der Waals surface area contributed by atoms with Crippen molar-refractivity contribution in [2.24, 2.45) is 0 Å². The first-order valence-corrected chi connectivity index (χ1v) is 8.35. The van der Waals surface area contributed by atoms with Crippen LogP contribution < -0.4 is 4.90 Å². The summed E-state index contributed by atoms with van der Waals surface area (Å²) in [5.41, 5.74) is 2.62. The van der Waals surface area contributed by atoms with Gasteiger partial charge in [0, 0.05) is 24.7 Å². The summed E-state index contributed by atoms with van der Waals surface area (Å²) in [6, 6.07) is 12.6. The van der Waals surface area contributed by atoms with Crippen LogP contribution in [0.5, 0.6) is 0 Å². The third kappa shape index (κ3) is 4.60.